The zero-order valence-corrected chi connectivity index (χ0v) is 11.7. The molecule has 2 aliphatic rings. The molecule has 1 unspecified atom stereocenters. The van der Waals surface area contributed by atoms with Crippen molar-refractivity contribution in [3.8, 4) is 0 Å². The van der Waals surface area contributed by atoms with Gasteiger partial charge >= 0.3 is 5.97 Å². The predicted octanol–water partition coefficient (Wildman–Crippen LogP) is 1.81. The van der Waals surface area contributed by atoms with E-state index in [1.165, 1.54) is 18.2 Å². The smallest absolute Gasteiger partial charge is 0.337 e. The van der Waals surface area contributed by atoms with Gasteiger partial charge < -0.3 is 9.64 Å². The average molecular weight is 273 g/mol. The largest absolute Gasteiger partial charge is 0.465 e. The molecule has 1 fully saturated rings. The summed E-state index contributed by atoms with van der Waals surface area (Å²) in [7, 11) is 1.40. The van der Waals surface area contributed by atoms with E-state index in [-0.39, 0.29) is 11.4 Å². The summed E-state index contributed by atoms with van der Waals surface area (Å²) >= 11 is 0. The third-order valence-corrected chi connectivity index (χ3v) is 4.73. The molecule has 1 spiro atoms. The van der Waals surface area contributed by atoms with E-state index in [9.17, 15) is 9.59 Å². The standard InChI is InChI=1S/C16H19NO3/c1-20-15(19)13-3-2-12-4-5-16(9-14(12)8-13)6-7-17(10-16)11-18/h2-3,8,11H,4-7,9-10H2,1H3. The number of methoxy groups -OCH3 is 1. The number of carbonyl (C=O) groups excluding carboxylic acids is 2. The predicted molar refractivity (Wildman–Crippen MR) is 74.5 cm³/mol. The first-order valence-electron chi connectivity index (χ1n) is 7.05. The molecule has 0 N–H and O–H groups in total. The summed E-state index contributed by atoms with van der Waals surface area (Å²) in [5, 5.41) is 0. The molecule has 1 aliphatic heterocycles. The van der Waals surface area contributed by atoms with Crippen LogP contribution in [0, 0.1) is 5.41 Å². The highest BCUT2D eigenvalue weighted by atomic mass is 16.5. The fourth-order valence-corrected chi connectivity index (χ4v) is 3.58. The van der Waals surface area contributed by atoms with E-state index in [1.54, 1.807) is 0 Å². The maximum atomic E-state index is 11.6. The van der Waals surface area contributed by atoms with Crippen molar-refractivity contribution in [2.75, 3.05) is 20.2 Å². The Bertz CT molecular complexity index is 555. The molecular weight excluding hydrogens is 254 g/mol. The van der Waals surface area contributed by atoms with Crippen LogP contribution >= 0.6 is 0 Å². The normalized spacial score (nSPS) is 24.6. The van der Waals surface area contributed by atoms with Crippen LogP contribution < -0.4 is 0 Å². The molecule has 3 rings (SSSR count). The van der Waals surface area contributed by atoms with E-state index >= 15 is 0 Å². The Balaban J connectivity index is 1.86. The number of hydrogen-bond donors (Lipinski definition) is 0. The van der Waals surface area contributed by atoms with Gasteiger partial charge in [0, 0.05) is 13.1 Å². The van der Waals surface area contributed by atoms with Crippen LogP contribution in [-0.2, 0) is 22.4 Å². The van der Waals surface area contributed by atoms with Crippen molar-refractivity contribution < 1.29 is 14.3 Å². The molecule has 1 amide bonds. The van der Waals surface area contributed by atoms with Gasteiger partial charge in [-0.05, 0) is 54.4 Å². The lowest BCUT2D eigenvalue weighted by atomic mass is 9.71. The average Bonchev–Trinajstić information content (AvgIpc) is 2.88. The number of aryl methyl sites for hydroxylation is 1. The summed E-state index contributed by atoms with van der Waals surface area (Å²) in [5.41, 5.74) is 3.40. The van der Waals surface area contributed by atoms with Gasteiger partial charge in [0.25, 0.3) is 0 Å². The number of hydrogen-bond acceptors (Lipinski definition) is 3. The Labute approximate surface area is 118 Å². The molecule has 1 atom stereocenters. The lowest BCUT2D eigenvalue weighted by molar-refractivity contribution is -0.117. The van der Waals surface area contributed by atoms with Gasteiger partial charge in [-0.2, -0.15) is 0 Å². The van der Waals surface area contributed by atoms with Gasteiger partial charge in [0.15, 0.2) is 0 Å². The summed E-state index contributed by atoms with van der Waals surface area (Å²) < 4.78 is 4.79. The zero-order chi connectivity index (χ0) is 14.2. The minimum atomic E-state index is -0.284. The number of carbonyl (C=O) groups is 2. The van der Waals surface area contributed by atoms with Crippen molar-refractivity contribution in [2.24, 2.45) is 5.41 Å². The van der Waals surface area contributed by atoms with Gasteiger partial charge in [-0.15, -0.1) is 0 Å². The first-order chi connectivity index (χ1) is 9.65. The molecule has 0 bridgehead atoms. The molecule has 1 aromatic carbocycles. The number of nitrogens with zero attached hydrogens (tertiary/aromatic N) is 1. The van der Waals surface area contributed by atoms with Gasteiger partial charge in [0.05, 0.1) is 12.7 Å². The highest BCUT2D eigenvalue weighted by Crippen LogP contribution is 2.42. The van der Waals surface area contributed by atoms with E-state index in [2.05, 4.69) is 0 Å². The number of rotatable bonds is 2. The van der Waals surface area contributed by atoms with E-state index < -0.39 is 0 Å². The molecule has 106 valence electrons. The molecular formula is C16H19NO3. The molecule has 0 radical (unpaired) electrons. The number of ether oxygens (including phenoxy) is 1. The van der Waals surface area contributed by atoms with Gasteiger partial charge in [0.1, 0.15) is 0 Å². The summed E-state index contributed by atoms with van der Waals surface area (Å²) in [5.74, 6) is -0.284. The molecule has 4 heteroatoms. The second kappa shape index (κ2) is 4.93. The van der Waals surface area contributed by atoms with E-state index in [1.807, 2.05) is 23.1 Å². The van der Waals surface area contributed by atoms with Crippen LogP contribution in [0.2, 0.25) is 0 Å². The van der Waals surface area contributed by atoms with E-state index in [0.717, 1.165) is 45.2 Å². The van der Waals surface area contributed by atoms with Crippen molar-refractivity contribution in [1.82, 2.24) is 4.90 Å². The minimum Gasteiger partial charge on any atom is -0.465 e. The van der Waals surface area contributed by atoms with Crippen molar-refractivity contribution in [1.29, 1.82) is 0 Å². The lowest BCUT2D eigenvalue weighted by Crippen LogP contribution is -2.32. The molecule has 0 saturated carbocycles. The Morgan fingerprint density at radius 2 is 2.20 bits per heavy atom. The SMILES string of the molecule is COC(=O)c1ccc2c(c1)CC1(CC2)CCN(C=O)C1. The van der Waals surface area contributed by atoms with Crippen molar-refractivity contribution >= 4 is 12.4 Å². The number of fused-ring (bicyclic) bond motifs is 1. The lowest BCUT2D eigenvalue weighted by Gasteiger charge is -2.34. The van der Waals surface area contributed by atoms with Crippen LogP contribution in [-0.4, -0.2) is 37.5 Å². The van der Waals surface area contributed by atoms with Gasteiger partial charge in [-0.3, -0.25) is 4.79 Å². The minimum absolute atomic E-state index is 0.211. The number of likely N-dealkylation sites (tertiary alicyclic amines) is 1. The summed E-state index contributed by atoms with van der Waals surface area (Å²) in [6.45, 7) is 1.70. The molecule has 1 heterocycles. The fourth-order valence-electron chi connectivity index (χ4n) is 3.58. The van der Waals surface area contributed by atoms with Gasteiger partial charge in [-0.1, -0.05) is 6.07 Å². The summed E-state index contributed by atoms with van der Waals surface area (Å²) in [6, 6.07) is 5.85. The third-order valence-electron chi connectivity index (χ3n) is 4.73. The molecule has 4 nitrogen and oxygen atoms in total. The molecule has 0 aromatic heterocycles. The Kier molecular flexibility index (Phi) is 3.24. The van der Waals surface area contributed by atoms with Crippen LogP contribution in [0.5, 0.6) is 0 Å². The van der Waals surface area contributed by atoms with Crippen LogP contribution in [0.3, 0.4) is 0 Å². The quantitative estimate of drug-likeness (QED) is 0.610. The number of benzene rings is 1. The number of amides is 1. The second-order valence-corrected chi connectivity index (χ2v) is 5.98. The summed E-state index contributed by atoms with van der Waals surface area (Å²) in [6.07, 6.45) is 5.13. The van der Waals surface area contributed by atoms with Crippen molar-refractivity contribution in [3.63, 3.8) is 0 Å². The molecule has 1 saturated heterocycles. The number of esters is 1. The van der Waals surface area contributed by atoms with E-state index in [0.29, 0.717) is 5.56 Å². The maximum absolute atomic E-state index is 11.6. The van der Waals surface area contributed by atoms with Crippen molar-refractivity contribution in [3.05, 3.63) is 34.9 Å². The Morgan fingerprint density at radius 1 is 1.35 bits per heavy atom. The Hall–Kier alpha value is -1.84. The molecule has 1 aliphatic carbocycles. The molecule has 20 heavy (non-hydrogen) atoms. The van der Waals surface area contributed by atoms with Crippen LogP contribution in [0.1, 0.15) is 34.3 Å². The van der Waals surface area contributed by atoms with Crippen LogP contribution in [0.25, 0.3) is 0 Å². The van der Waals surface area contributed by atoms with Crippen molar-refractivity contribution in [2.45, 2.75) is 25.7 Å². The van der Waals surface area contributed by atoms with Gasteiger partial charge in [-0.25, -0.2) is 4.79 Å². The van der Waals surface area contributed by atoms with E-state index in [4.69, 9.17) is 4.74 Å². The second-order valence-electron chi connectivity index (χ2n) is 5.98. The Morgan fingerprint density at radius 3 is 2.90 bits per heavy atom. The topological polar surface area (TPSA) is 46.6 Å². The highest BCUT2D eigenvalue weighted by molar-refractivity contribution is 5.89. The monoisotopic (exact) mass is 273 g/mol. The fraction of sp³-hybridized carbons (Fsp3) is 0.500. The van der Waals surface area contributed by atoms with Crippen LogP contribution in [0.15, 0.2) is 18.2 Å². The van der Waals surface area contributed by atoms with Gasteiger partial charge in [0.2, 0.25) is 6.41 Å². The zero-order valence-electron chi connectivity index (χ0n) is 11.7. The summed E-state index contributed by atoms with van der Waals surface area (Å²) in [4.78, 5) is 24.4. The maximum Gasteiger partial charge on any atom is 0.337 e. The molecule has 1 aromatic rings. The first kappa shape index (κ1) is 13.2. The third kappa shape index (κ3) is 2.19. The first-order valence-corrected chi connectivity index (χ1v) is 7.05. The van der Waals surface area contributed by atoms with Crippen LogP contribution in [0.4, 0.5) is 0 Å². The highest BCUT2D eigenvalue weighted by Gasteiger charge is 2.40.